The molecule has 0 aromatic heterocycles. The predicted molar refractivity (Wildman–Crippen MR) is 138 cm³/mol. The Morgan fingerprint density at radius 3 is 2.24 bits per heavy atom. The lowest BCUT2D eigenvalue weighted by molar-refractivity contribution is -0.153. The van der Waals surface area contributed by atoms with Gasteiger partial charge in [0.2, 0.25) is 0 Å². The number of aliphatic hydroxyl groups is 2. The summed E-state index contributed by atoms with van der Waals surface area (Å²) in [5.41, 5.74) is 1.88. The molecule has 10 nitrogen and oxygen atoms in total. The zero-order valence-corrected chi connectivity index (χ0v) is 21.0. The van der Waals surface area contributed by atoms with Crippen molar-refractivity contribution in [3.8, 4) is 5.75 Å². The van der Waals surface area contributed by atoms with Crippen LogP contribution in [0.2, 0.25) is 0 Å². The van der Waals surface area contributed by atoms with E-state index in [9.17, 15) is 19.8 Å². The molecule has 2 heterocycles. The molecule has 2 aromatic carbocycles. The van der Waals surface area contributed by atoms with E-state index in [4.69, 9.17) is 9.47 Å². The molecular weight excluding hydrogens is 476 g/mol. The maximum atomic E-state index is 12.7. The van der Waals surface area contributed by atoms with E-state index in [1.165, 1.54) is 4.90 Å². The van der Waals surface area contributed by atoms with Crippen LogP contribution in [0.25, 0.3) is 0 Å². The lowest BCUT2D eigenvalue weighted by Crippen LogP contribution is -2.55. The zero-order chi connectivity index (χ0) is 26.0. The van der Waals surface area contributed by atoms with Gasteiger partial charge in [0.25, 0.3) is 11.8 Å². The van der Waals surface area contributed by atoms with Gasteiger partial charge in [-0.25, -0.2) is 0 Å². The number of hydrogen-bond acceptors (Lipinski definition) is 8. The average molecular weight is 513 g/mol. The van der Waals surface area contributed by atoms with Crippen molar-refractivity contribution in [1.82, 2.24) is 15.1 Å². The Morgan fingerprint density at radius 2 is 1.57 bits per heavy atom. The van der Waals surface area contributed by atoms with Crippen LogP contribution in [0.15, 0.2) is 54.6 Å². The normalized spacial score (nSPS) is 18.2. The molecule has 200 valence electrons. The maximum Gasteiger partial charge on any atom is 0.254 e. The molecule has 2 aliphatic rings. The van der Waals surface area contributed by atoms with Crippen molar-refractivity contribution in [3.05, 3.63) is 60.2 Å². The number of amides is 2. The molecule has 0 unspecified atom stereocenters. The van der Waals surface area contributed by atoms with E-state index in [2.05, 4.69) is 15.1 Å². The van der Waals surface area contributed by atoms with Crippen molar-refractivity contribution in [2.75, 3.05) is 70.5 Å². The molecule has 0 spiro atoms. The van der Waals surface area contributed by atoms with Crippen LogP contribution in [0.5, 0.6) is 5.75 Å². The number of piperazine rings is 1. The first-order valence-electron chi connectivity index (χ1n) is 12.8. The number of benzene rings is 2. The first-order chi connectivity index (χ1) is 18.0. The third kappa shape index (κ3) is 7.65. The molecular formula is C27H36N4O6. The van der Waals surface area contributed by atoms with Gasteiger partial charge in [-0.05, 0) is 29.8 Å². The van der Waals surface area contributed by atoms with Gasteiger partial charge in [0.15, 0.2) is 12.2 Å². The highest BCUT2D eigenvalue weighted by Crippen LogP contribution is 2.16. The number of nitrogens with one attached hydrogen (secondary N) is 1. The second-order valence-corrected chi connectivity index (χ2v) is 9.20. The van der Waals surface area contributed by atoms with E-state index < -0.39 is 24.0 Å². The van der Waals surface area contributed by atoms with Gasteiger partial charge in [-0.3, -0.25) is 14.5 Å². The minimum Gasteiger partial charge on any atom is -0.492 e. The molecule has 2 saturated heterocycles. The Morgan fingerprint density at radius 1 is 0.892 bits per heavy atom. The Hall–Kier alpha value is -3.18. The van der Waals surface area contributed by atoms with Gasteiger partial charge in [-0.2, -0.15) is 0 Å². The minimum atomic E-state index is -1.84. The third-order valence-corrected chi connectivity index (χ3v) is 6.70. The molecule has 0 aliphatic carbocycles. The number of para-hydroxylation sites is 1. The number of anilines is 1. The van der Waals surface area contributed by atoms with Crippen LogP contribution in [0, 0.1) is 0 Å². The molecule has 3 N–H and O–H groups in total. The highest BCUT2D eigenvalue weighted by atomic mass is 16.5. The fourth-order valence-corrected chi connectivity index (χ4v) is 4.40. The summed E-state index contributed by atoms with van der Waals surface area (Å²) in [5, 5.41) is 23.2. The van der Waals surface area contributed by atoms with Gasteiger partial charge >= 0.3 is 0 Å². The van der Waals surface area contributed by atoms with Crippen molar-refractivity contribution in [2.24, 2.45) is 0 Å². The molecule has 2 fully saturated rings. The minimum absolute atomic E-state index is 0.153. The van der Waals surface area contributed by atoms with Crippen molar-refractivity contribution in [2.45, 2.75) is 18.8 Å². The second kappa shape index (κ2) is 13.4. The Labute approximate surface area is 217 Å². The molecule has 2 aromatic rings. The molecule has 4 rings (SSSR count). The van der Waals surface area contributed by atoms with E-state index in [-0.39, 0.29) is 6.54 Å². The number of carbonyl (C=O) groups excluding carboxylic acids is 2. The van der Waals surface area contributed by atoms with Crippen LogP contribution < -0.4 is 15.0 Å². The smallest absolute Gasteiger partial charge is 0.254 e. The summed E-state index contributed by atoms with van der Waals surface area (Å²) in [6, 6.07) is 17.2. The number of aliphatic hydroxyl groups excluding tert-OH is 2. The van der Waals surface area contributed by atoms with E-state index in [1.807, 2.05) is 54.6 Å². The summed E-state index contributed by atoms with van der Waals surface area (Å²) in [6.45, 7) is 6.93. The summed E-state index contributed by atoms with van der Waals surface area (Å²) in [7, 11) is 0. The van der Waals surface area contributed by atoms with Gasteiger partial charge < -0.3 is 34.8 Å². The topological polar surface area (TPSA) is 115 Å². The number of rotatable bonds is 10. The highest BCUT2D eigenvalue weighted by Gasteiger charge is 2.34. The first-order valence-corrected chi connectivity index (χ1v) is 12.8. The van der Waals surface area contributed by atoms with Crippen molar-refractivity contribution >= 4 is 17.5 Å². The number of hydrogen-bond donors (Lipinski definition) is 3. The fourth-order valence-electron chi connectivity index (χ4n) is 4.40. The number of nitrogens with zero attached hydrogens (tertiary/aromatic N) is 3. The highest BCUT2D eigenvalue weighted by molar-refractivity contribution is 5.90. The van der Waals surface area contributed by atoms with Crippen molar-refractivity contribution in [3.63, 3.8) is 0 Å². The van der Waals surface area contributed by atoms with E-state index in [1.54, 1.807) is 0 Å². The molecule has 10 heteroatoms. The quantitative estimate of drug-likeness (QED) is 0.410. The standard InChI is InChI=1S/C27H36N4O6/c32-24(25(33)27(35)31-12-10-30(11-13-31)22-4-2-1-3-5-22)26(34)28-20-21-6-8-23(9-7-21)37-19-16-29-14-17-36-18-15-29/h1-9,24-25,32-33H,10-20H2,(H,28,34)/t24-,25-/m1/s1. The zero-order valence-electron chi connectivity index (χ0n) is 21.0. The number of carbonyl (C=O) groups is 2. The first kappa shape index (κ1) is 26.9. The molecule has 37 heavy (non-hydrogen) atoms. The molecule has 0 radical (unpaired) electrons. The monoisotopic (exact) mass is 512 g/mol. The van der Waals surface area contributed by atoms with Crippen LogP contribution in [-0.2, 0) is 20.9 Å². The molecule has 2 atom stereocenters. The van der Waals surface area contributed by atoms with Crippen LogP contribution in [-0.4, -0.2) is 110 Å². The maximum absolute atomic E-state index is 12.7. The second-order valence-electron chi connectivity index (χ2n) is 9.20. The van der Waals surface area contributed by atoms with Crippen molar-refractivity contribution < 1.29 is 29.3 Å². The lowest BCUT2D eigenvalue weighted by atomic mass is 10.1. The van der Waals surface area contributed by atoms with E-state index in [0.717, 1.165) is 49.8 Å². The average Bonchev–Trinajstić information content (AvgIpc) is 2.96. The van der Waals surface area contributed by atoms with E-state index in [0.29, 0.717) is 32.8 Å². The molecule has 0 bridgehead atoms. The predicted octanol–water partition coefficient (Wildman–Crippen LogP) is 0.0844. The third-order valence-electron chi connectivity index (χ3n) is 6.70. The molecule has 0 saturated carbocycles. The largest absolute Gasteiger partial charge is 0.492 e. The number of morpholine rings is 1. The molecule has 2 amide bonds. The Kier molecular flexibility index (Phi) is 9.72. The lowest BCUT2D eigenvalue weighted by Gasteiger charge is -2.37. The molecule has 2 aliphatic heterocycles. The Balaban J connectivity index is 1.17. The van der Waals surface area contributed by atoms with Crippen LogP contribution in [0.1, 0.15) is 5.56 Å². The number of ether oxygens (including phenoxy) is 2. The summed E-state index contributed by atoms with van der Waals surface area (Å²) >= 11 is 0. The van der Waals surface area contributed by atoms with Gasteiger partial charge in [0.05, 0.1) is 13.2 Å². The Bertz CT molecular complexity index is 992. The van der Waals surface area contributed by atoms with Gasteiger partial charge in [0, 0.05) is 58.0 Å². The summed E-state index contributed by atoms with van der Waals surface area (Å²) in [6.07, 6.45) is -3.66. The van der Waals surface area contributed by atoms with Crippen LogP contribution >= 0.6 is 0 Å². The van der Waals surface area contributed by atoms with Crippen LogP contribution in [0.3, 0.4) is 0 Å². The fraction of sp³-hybridized carbons (Fsp3) is 0.481. The SMILES string of the molecule is O=C(NCc1ccc(OCCN2CCOCC2)cc1)[C@H](O)[C@@H](O)C(=O)N1CCN(c2ccccc2)CC1. The van der Waals surface area contributed by atoms with Gasteiger partial charge in [-0.15, -0.1) is 0 Å². The van der Waals surface area contributed by atoms with E-state index >= 15 is 0 Å². The summed E-state index contributed by atoms with van der Waals surface area (Å²) < 4.78 is 11.1. The van der Waals surface area contributed by atoms with Gasteiger partial charge in [-0.1, -0.05) is 30.3 Å². The van der Waals surface area contributed by atoms with Crippen molar-refractivity contribution in [1.29, 1.82) is 0 Å². The summed E-state index contributed by atoms with van der Waals surface area (Å²) in [4.78, 5) is 31.0. The summed E-state index contributed by atoms with van der Waals surface area (Å²) in [5.74, 6) is -0.708. The van der Waals surface area contributed by atoms with Crippen LogP contribution in [0.4, 0.5) is 5.69 Å². The van der Waals surface area contributed by atoms with Gasteiger partial charge in [0.1, 0.15) is 12.4 Å².